The van der Waals surface area contributed by atoms with Crippen LogP contribution in [-0.4, -0.2) is 76.6 Å². The van der Waals surface area contributed by atoms with Gasteiger partial charge in [0.1, 0.15) is 11.6 Å². The lowest BCUT2D eigenvalue weighted by Gasteiger charge is -2.37. The highest BCUT2D eigenvalue weighted by Crippen LogP contribution is 2.59. The summed E-state index contributed by atoms with van der Waals surface area (Å²) < 4.78 is 6.70. The van der Waals surface area contributed by atoms with Crippen LogP contribution in [0.1, 0.15) is 44.1 Å². The van der Waals surface area contributed by atoms with Gasteiger partial charge in [-0.2, -0.15) is 0 Å². The van der Waals surface area contributed by atoms with E-state index in [2.05, 4.69) is 13.2 Å². The van der Waals surface area contributed by atoms with Gasteiger partial charge in [0, 0.05) is 43.5 Å². The average molecular weight is 620 g/mol. The molecular weight excluding hydrogens is 578 g/mol. The molecule has 0 saturated carbocycles. The number of halogens is 1. The van der Waals surface area contributed by atoms with Crippen molar-refractivity contribution in [3.63, 3.8) is 0 Å². The summed E-state index contributed by atoms with van der Waals surface area (Å²) in [6.07, 6.45) is 7.06. The molecule has 3 heterocycles. The fourth-order valence-electron chi connectivity index (χ4n) is 7.33. The number of carbonyl (C=O) groups excluding carboxylic acids is 3. The molecule has 1 N–H and O–H groups in total. The number of rotatable bonds is 15. The summed E-state index contributed by atoms with van der Waals surface area (Å²) in [5.41, 5.74) is 0.539. The molecule has 2 unspecified atom stereocenters. The van der Waals surface area contributed by atoms with Crippen LogP contribution in [0.15, 0.2) is 79.9 Å². The lowest BCUT2D eigenvalue weighted by molar-refractivity contribution is -0.145. The van der Waals surface area contributed by atoms with Crippen molar-refractivity contribution in [2.24, 2.45) is 11.8 Å². The van der Waals surface area contributed by atoms with Crippen molar-refractivity contribution in [1.82, 2.24) is 9.80 Å². The molecule has 3 fully saturated rings. The summed E-state index contributed by atoms with van der Waals surface area (Å²) in [4.78, 5) is 48.4. The van der Waals surface area contributed by atoms with E-state index in [1.165, 1.54) is 0 Å². The van der Waals surface area contributed by atoms with Crippen molar-refractivity contribution < 1.29 is 24.2 Å². The molecule has 2 aromatic rings. The quantitative estimate of drug-likeness (QED) is 0.224. The zero-order valence-electron chi connectivity index (χ0n) is 25.2. The molecule has 3 amide bonds. The van der Waals surface area contributed by atoms with Gasteiger partial charge < -0.3 is 24.5 Å². The van der Waals surface area contributed by atoms with E-state index in [4.69, 9.17) is 16.3 Å². The Balaban J connectivity index is 1.49. The Morgan fingerprint density at radius 1 is 1.00 bits per heavy atom. The number of anilines is 1. The van der Waals surface area contributed by atoms with Gasteiger partial charge in [0.2, 0.25) is 11.8 Å². The molecule has 8 nitrogen and oxygen atoms in total. The Morgan fingerprint density at radius 3 is 2.39 bits per heavy atom. The van der Waals surface area contributed by atoms with Crippen LogP contribution < -0.4 is 4.90 Å². The van der Waals surface area contributed by atoms with E-state index in [9.17, 15) is 19.5 Å². The van der Waals surface area contributed by atoms with Gasteiger partial charge in [-0.15, -0.1) is 13.2 Å². The minimum atomic E-state index is -1.09. The van der Waals surface area contributed by atoms with Crippen LogP contribution in [0.4, 0.5) is 5.69 Å². The van der Waals surface area contributed by atoms with Crippen molar-refractivity contribution in [2.75, 3.05) is 31.1 Å². The second-order valence-corrected chi connectivity index (χ2v) is 12.4. The predicted molar refractivity (Wildman–Crippen MR) is 171 cm³/mol. The van der Waals surface area contributed by atoms with Crippen LogP contribution in [-0.2, 0) is 25.7 Å². The first kappa shape index (κ1) is 31.9. The van der Waals surface area contributed by atoms with Crippen molar-refractivity contribution in [2.45, 2.75) is 62.8 Å². The molecule has 1 spiro atoms. The fraction of sp³-hybridized carbons (Fsp3) is 0.457. The number of unbranched alkanes of at least 4 members (excludes halogenated alkanes) is 3. The zero-order valence-corrected chi connectivity index (χ0v) is 25.9. The van der Waals surface area contributed by atoms with Gasteiger partial charge in [0.15, 0.2) is 0 Å². The smallest absolute Gasteiger partial charge is 0.253 e. The van der Waals surface area contributed by atoms with Crippen LogP contribution in [0.25, 0.3) is 0 Å². The average Bonchev–Trinajstić information content (AvgIpc) is 3.67. The maximum absolute atomic E-state index is 14.6. The minimum Gasteiger partial charge on any atom is -0.396 e. The van der Waals surface area contributed by atoms with E-state index in [1.807, 2.05) is 30.3 Å². The van der Waals surface area contributed by atoms with Gasteiger partial charge in [0.25, 0.3) is 5.91 Å². The van der Waals surface area contributed by atoms with Crippen molar-refractivity contribution >= 4 is 35.0 Å². The number of likely N-dealkylation sites (tertiary alicyclic amines) is 1. The number of aliphatic hydroxyl groups is 1. The molecule has 3 aliphatic rings. The summed E-state index contributed by atoms with van der Waals surface area (Å²) in [7, 11) is 0. The van der Waals surface area contributed by atoms with Crippen LogP contribution in [0.2, 0.25) is 5.02 Å². The third-order valence-electron chi connectivity index (χ3n) is 9.22. The molecule has 3 saturated heterocycles. The van der Waals surface area contributed by atoms with Gasteiger partial charge in [-0.3, -0.25) is 14.4 Å². The van der Waals surface area contributed by atoms with E-state index in [0.29, 0.717) is 56.0 Å². The third kappa shape index (κ3) is 6.08. The standard InChI is InChI=1S/C35H42ClN3O5/c1-3-20-37(24-25-12-8-7-9-13-25)32(41)29-28-18-19-35(44-28)30(29)33(42)39(22-10-5-6-11-23-40)31(35)34(43)38(21-4-2)27-16-14-26(36)15-17-27/h3-4,7-9,12-17,28-31,40H,1-2,5-6,10-11,18-24H2/t28-,29+,30+,31?,35?/m1/s1. The number of carbonyl (C=O) groups is 3. The summed E-state index contributed by atoms with van der Waals surface area (Å²) in [6, 6.07) is 15.9. The highest BCUT2D eigenvalue weighted by molar-refractivity contribution is 6.30. The molecule has 2 aromatic carbocycles. The number of hydrogen-bond donors (Lipinski definition) is 1. The predicted octanol–water partition coefficient (Wildman–Crippen LogP) is 5.00. The number of hydrogen-bond acceptors (Lipinski definition) is 5. The van der Waals surface area contributed by atoms with Crippen LogP contribution in [0.5, 0.6) is 0 Å². The first-order valence-electron chi connectivity index (χ1n) is 15.6. The largest absolute Gasteiger partial charge is 0.396 e. The highest BCUT2D eigenvalue weighted by Gasteiger charge is 2.74. The molecule has 234 valence electrons. The lowest BCUT2D eigenvalue weighted by atomic mass is 9.70. The lowest BCUT2D eigenvalue weighted by Crippen LogP contribution is -2.56. The maximum Gasteiger partial charge on any atom is 0.253 e. The Morgan fingerprint density at radius 2 is 1.70 bits per heavy atom. The topological polar surface area (TPSA) is 90.4 Å². The fourth-order valence-corrected chi connectivity index (χ4v) is 7.45. The summed E-state index contributed by atoms with van der Waals surface area (Å²) in [5.74, 6) is -2.02. The van der Waals surface area contributed by atoms with Gasteiger partial charge in [-0.25, -0.2) is 0 Å². The SMILES string of the molecule is C=CCN(Cc1ccccc1)C(=O)[C@@H]1[C@H]2C(=O)N(CCCCCCO)C(C(=O)N(CC=C)c3ccc(Cl)cc3)C23CC[C@H]1O3. The minimum absolute atomic E-state index is 0.121. The van der Waals surface area contributed by atoms with E-state index in [1.54, 1.807) is 51.1 Å². The Bertz CT molecular complexity index is 1350. The molecule has 0 aliphatic carbocycles. The molecule has 0 radical (unpaired) electrons. The van der Waals surface area contributed by atoms with E-state index >= 15 is 0 Å². The Hall–Kier alpha value is -3.46. The highest BCUT2D eigenvalue weighted by atomic mass is 35.5. The summed E-state index contributed by atoms with van der Waals surface area (Å²) >= 11 is 6.15. The third-order valence-corrected chi connectivity index (χ3v) is 9.47. The van der Waals surface area contributed by atoms with E-state index in [0.717, 1.165) is 18.4 Å². The van der Waals surface area contributed by atoms with Gasteiger partial charge in [-0.05, 0) is 55.5 Å². The summed E-state index contributed by atoms with van der Waals surface area (Å²) in [6.45, 7) is 9.21. The first-order chi connectivity index (χ1) is 21.4. The Kier molecular flexibility index (Phi) is 10.2. The molecule has 3 aliphatic heterocycles. The molecular formula is C35H42ClN3O5. The number of aliphatic hydroxyl groups excluding tert-OH is 1. The molecule has 5 atom stereocenters. The zero-order chi connectivity index (χ0) is 31.3. The maximum atomic E-state index is 14.6. The summed E-state index contributed by atoms with van der Waals surface area (Å²) in [5, 5.41) is 9.77. The van der Waals surface area contributed by atoms with E-state index in [-0.39, 0.29) is 30.9 Å². The number of amides is 3. The van der Waals surface area contributed by atoms with Crippen molar-refractivity contribution in [1.29, 1.82) is 0 Å². The van der Waals surface area contributed by atoms with E-state index < -0.39 is 29.6 Å². The Labute approximate surface area is 264 Å². The second-order valence-electron chi connectivity index (χ2n) is 11.9. The number of fused-ring (bicyclic) bond motifs is 1. The molecule has 44 heavy (non-hydrogen) atoms. The van der Waals surface area contributed by atoms with Gasteiger partial charge in [-0.1, -0.05) is 66.9 Å². The van der Waals surface area contributed by atoms with Crippen LogP contribution in [0, 0.1) is 11.8 Å². The molecule has 5 rings (SSSR count). The second kappa shape index (κ2) is 14.1. The van der Waals surface area contributed by atoms with Crippen molar-refractivity contribution in [3.05, 3.63) is 90.5 Å². The normalized spacial score (nSPS) is 25.1. The molecule has 2 bridgehead atoms. The van der Waals surface area contributed by atoms with Gasteiger partial charge in [0.05, 0.1) is 17.9 Å². The van der Waals surface area contributed by atoms with Gasteiger partial charge >= 0.3 is 0 Å². The number of nitrogens with zero attached hydrogens (tertiary/aromatic N) is 3. The monoisotopic (exact) mass is 619 g/mol. The van der Waals surface area contributed by atoms with Crippen molar-refractivity contribution in [3.8, 4) is 0 Å². The van der Waals surface area contributed by atoms with Crippen LogP contribution in [0.3, 0.4) is 0 Å². The molecule has 0 aromatic heterocycles. The first-order valence-corrected chi connectivity index (χ1v) is 15.9. The van der Waals surface area contributed by atoms with Crippen LogP contribution >= 0.6 is 11.6 Å². The number of ether oxygens (including phenoxy) is 1. The molecule has 9 heteroatoms. The number of benzene rings is 2.